The first-order valence-corrected chi connectivity index (χ1v) is 10.8. The molecule has 2 rings (SSSR count). The molecule has 0 saturated heterocycles. The normalized spacial score (nSPS) is 12.1. The van der Waals surface area contributed by atoms with Gasteiger partial charge in [-0.2, -0.15) is 0 Å². The summed E-state index contributed by atoms with van der Waals surface area (Å²) in [7, 11) is -3.66. The van der Waals surface area contributed by atoms with Crippen molar-refractivity contribution in [2.45, 2.75) is 26.3 Å². The molecule has 0 saturated carbocycles. The Bertz CT molecular complexity index is 929. The van der Waals surface area contributed by atoms with Crippen LogP contribution >= 0.6 is 0 Å². The fraction of sp³-hybridized carbons (Fsp3) is 0.300. The molecule has 2 N–H and O–H groups in total. The zero-order valence-corrected chi connectivity index (χ0v) is 17.0. The number of para-hydroxylation sites is 2. The summed E-state index contributed by atoms with van der Waals surface area (Å²) in [5.41, 5.74) is 1.04. The highest BCUT2D eigenvalue weighted by Crippen LogP contribution is 2.18. The smallest absolute Gasteiger partial charge is 0.253 e. The molecule has 1 atom stereocenters. The van der Waals surface area contributed by atoms with E-state index in [-0.39, 0.29) is 11.9 Å². The van der Waals surface area contributed by atoms with Crippen LogP contribution in [0.2, 0.25) is 0 Å². The highest BCUT2D eigenvalue weighted by molar-refractivity contribution is 7.92. The van der Waals surface area contributed by atoms with Gasteiger partial charge in [0.1, 0.15) is 6.54 Å². The van der Waals surface area contributed by atoms with E-state index in [1.807, 2.05) is 13.8 Å². The summed E-state index contributed by atoms with van der Waals surface area (Å²) in [5.74, 6) is -0.841. The van der Waals surface area contributed by atoms with E-state index >= 15 is 0 Å². The van der Waals surface area contributed by atoms with E-state index in [9.17, 15) is 18.0 Å². The summed E-state index contributed by atoms with van der Waals surface area (Å²) in [6.07, 6.45) is 1.82. The maximum absolute atomic E-state index is 12.5. The van der Waals surface area contributed by atoms with Crippen LogP contribution in [0.1, 0.15) is 30.6 Å². The van der Waals surface area contributed by atoms with Crippen molar-refractivity contribution < 1.29 is 18.0 Å². The molecule has 150 valence electrons. The van der Waals surface area contributed by atoms with E-state index in [0.717, 1.165) is 17.0 Å². The van der Waals surface area contributed by atoms with E-state index in [1.165, 1.54) is 0 Å². The molecular formula is C20H25N3O4S. The van der Waals surface area contributed by atoms with Gasteiger partial charge >= 0.3 is 0 Å². The number of amides is 2. The van der Waals surface area contributed by atoms with Gasteiger partial charge in [0.05, 0.1) is 23.2 Å². The van der Waals surface area contributed by atoms with Gasteiger partial charge in [0.15, 0.2) is 0 Å². The second-order valence-corrected chi connectivity index (χ2v) is 8.39. The third-order valence-electron chi connectivity index (χ3n) is 4.17. The minimum atomic E-state index is -3.66. The van der Waals surface area contributed by atoms with Crippen molar-refractivity contribution in [2.24, 2.45) is 0 Å². The Morgan fingerprint density at radius 3 is 2.25 bits per heavy atom. The van der Waals surface area contributed by atoms with Crippen molar-refractivity contribution in [3.05, 3.63) is 60.2 Å². The van der Waals surface area contributed by atoms with Gasteiger partial charge < -0.3 is 10.6 Å². The summed E-state index contributed by atoms with van der Waals surface area (Å²) in [6.45, 7) is 3.45. The average Bonchev–Trinajstić information content (AvgIpc) is 2.66. The van der Waals surface area contributed by atoms with Gasteiger partial charge in [-0.3, -0.25) is 13.9 Å². The Kier molecular flexibility index (Phi) is 7.17. The van der Waals surface area contributed by atoms with Crippen LogP contribution in [0.15, 0.2) is 54.6 Å². The Balaban J connectivity index is 2.19. The fourth-order valence-electron chi connectivity index (χ4n) is 2.51. The van der Waals surface area contributed by atoms with Crippen molar-refractivity contribution in [3.8, 4) is 0 Å². The SMILES string of the molecule is CC[C@H](C)NC(=O)c1ccccc1NC(=O)CN(c1ccccc1)S(C)(=O)=O. The van der Waals surface area contributed by atoms with Crippen LogP contribution in [0.5, 0.6) is 0 Å². The van der Waals surface area contributed by atoms with E-state index in [0.29, 0.717) is 16.9 Å². The lowest BCUT2D eigenvalue weighted by Crippen LogP contribution is -2.38. The first kappa shape index (κ1) is 21.4. The van der Waals surface area contributed by atoms with Crippen LogP contribution in [0, 0.1) is 0 Å². The molecular weight excluding hydrogens is 378 g/mol. The van der Waals surface area contributed by atoms with Crippen molar-refractivity contribution in [1.29, 1.82) is 0 Å². The largest absolute Gasteiger partial charge is 0.350 e. The van der Waals surface area contributed by atoms with E-state index in [1.54, 1.807) is 54.6 Å². The van der Waals surface area contributed by atoms with Crippen molar-refractivity contribution in [3.63, 3.8) is 0 Å². The summed E-state index contributed by atoms with van der Waals surface area (Å²) in [4.78, 5) is 25.0. The van der Waals surface area contributed by atoms with Crippen LogP contribution in [-0.4, -0.2) is 39.1 Å². The van der Waals surface area contributed by atoms with Gasteiger partial charge in [0.2, 0.25) is 15.9 Å². The van der Waals surface area contributed by atoms with Crippen LogP contribution < -0.4 is 14.9 Å². The van der Waals surface area contributed by atoms with Crippen LogP contribution in [0.4, 0.5) is 11.4 Å². The van der Waals surface area contributed by atoms with Gasteiger partial charge in [0, 0.05) is 6.04 Å². The van der Waals surface area contributed by atoms with Crippen LogP contribution in [0.25, 0.3) is 0 Å². The zero-order chi connectivity index (χ0) is 20.7. The number of carbonyl (C=O) groups excluding carboxylic acids is 2. The molecule has 0 spiro atoms. The molecule has 0 aliphatic rings. The van der Waals surface area contributed by atoms with E-state index in [4.69, 9.17) is 0 Å². The molecule has 0 radical (unpaired) electrons. The Morgan fingerprint density at radius 1 is 1.04 bits per heavy atom. The molecule has 0 aliphatic heterocycles. The number of anilines is 2. The first-order chi connectivity index (χ1) is 13.2. The lowest BCUT2D eigenvalue weighted by molar-refractivity contribution is -0.114. The molecule has 0 unspecified atom stereocenters. The number of nitrogens with one attached hydrogen (secondary N) is 2. The van der Waals surface area contributed by atoms with Crippen molar-refractivity contribution >= 4 is 33.2 Å². The number of hydrogen-bond acceptors (Lipinski definition) is 4. The number of rotatable bonds is 8. The molecule has 0 heterocycles. The van der Waals surface area contributed by atoms with E-state index < -0.39 is 22.5 Å². The van der Waals surface area contributed by atoms with Gasteiger partial charge in [-0.05, 0) is 37.6 Å². The third kappa shape index (κ3) is 5.82. The molecule has 0 aromatic heterocycles. The standard InChI is InChI=1S/C20H25N3O4S/c1-4-15(2)21-20(25)17-12-8-9-13-18(17)22-19(24)14-23(28(3,26)27)16-10-6-5-7-11-16/h5-13,15H,4,14H2,1-3H3,(H,21,25)(H,22,24)/t15-/m0/s1. The highest BCUT2D eigenvalue weighted by atomic mass is 32.2. The minimum absolute atomic E-state index is 0.00457. The highest BCUT2D eigenvalue weighted by Gasteiger charge is 2.22. The number of benzene rings is 2. The van der Waals surface area contributed by atoms with Gasteiger partial charge in [0.25, 0.3) is 5.91 Å². The molecule has 2 aromatic carbocycles. The predicted molar refractivity (Wildman–Crippen MR) is 111 cm³/mol. The number of carbonyl (C=O) groups is 2. The second-order valence-electron chi connectivity index (χ2n) is 6.48. The minimum Gasteiger partial charge on any atom is -0.350 e. The summed E-state index contributed by atoms with van der Waals surface area (Å²) < 4.78 is 25.3. The van der Waals surface area contributed by atoms with Crippen molar-refractivity contribution in [2.75, 3.05) is 22.4 Å². The zero-order valence-electron chi connectivity index (χ0n) is 16.2. The van der Waals surface area contributed by atoms with Crippen molar-refractivity contribution in [1.82, 2.24) is 5.32 Å². The third-order valence-corrected chi connectivity index (χ3v) is 5.31. The molecule has 7 nitrogen and oxygen atoms in total. The van der Waals surface area contributed by atoms with Crippen LogP contribution in [0.3, 0.4) is 0 Å². The molecule has 0 bridgehead atoms. The monoisotopic (exact) mass is 403 g/mol. The van der Waals surface area contributed by atoms with Crippen LogP contribution in [-0.2, 0) is 14.8 Å². The summed E-state index contributed by atoms with van der Waals surface area (Å²) >= 11 is 0. The molecule has 28 heavy (non-hydrogen) atoms. The van der Waals surface area contributed by atoms with E-state index in [2.05, 4.69) is 10.6 Å². The first-order valence-electron chi connectivity index (χ1n) is 8.95. The Labute approximate surface area is 165 Å². The molecule has 0 aliphatic carbocycles. The average molecular weight is 404 g/mol. The predicted octanol–water partition coefficient (Wildman–Crippen LogP) is 2.62. The van der Waals surface area contributed by atoms with Gasteiger partial charge in [-0.25, -0.2) is 8.42 Å². The quantitative estimate of drug-likeness (QED) is 0.708. The number of nitrogens with zero attached hydrogens (tertiary/aromatic N) is 1. The topological polar surface area (TPSA) is 95.6 Å². The summed E-state index contributed by atoms with van der Waals surface area (Å²) in [5, 5.41) is 5.50. The molecule has 0 fully saturated rings. The lowest BCUT2D eigenvalue weighted by atomic mass is 10.1. The molecule has 2 aromatic rings. The Morgan fingerprint density at radius 2 is 1.64 bits per heavy atom. The number of sulfonamides is 1. The number of hydrogen-bond donors (Lipinski definition) is 2. The van der Waals surface area contributed by atoms with Gasteiger partial charge in [-0.1, -0.05) is 37.3 Å². The summed E-state index contributed by atoms with van der Waals surface area (Å²) in [6, 6.07) is 15.0. The van der Waals surface area contributed by atoms with Gasteiger partial charge in [-0.15, -0.1) is 0 Å². The maximum atomic E-state index is 12.5. The maximum Gasteiger partial charge on any atom is 0.253 e. The molecule has 8 heteroatoms. The lowest BCUT2D eigenvalue weighted by Gasteiger charge is -2.22. The second kappa shape index (κ2) is 9.36. The Hall–Kier alpha value is -2.87. The fourth-order valence-corrected chi connectivity index (χ4v) is 3.36. The molecule has 2 amide bonds.